The Morgan fingerprint density at radius 1 is 1.53 bits per heavy atom. The predicted octanol–water partition coefficient (Wildman–Crippen LogP) is 1.25. The second kappa shape index (κ2) is 5.88. The topological polar surface area (TPSA) is 94.9 Å². The molecular formula is C13H20N4OS. The first-order chi connectivity index (χ1) is 9.02. The number of aromatic nitrogens is 2. The Hall–Kier alpha value is -1.14. The van der Waals surface area contributed by atoms with Gasteiger partial charge in [0.25, 0.3) is 0 Å². The summed E-state index contributed by atoms with van der Waals surface area (Å²) in [7, 11) is 0. The number of aryl methyl sites for hydroxylation is 1. The molecule has 1 heterocycles. The fourth-order valence-corrected chi connectivity index (χ4v) is 3.42. The Balaban J connectivity index is 1.85. The van der Waals surface area contributed by atoms with Gasteiger partial charge in [-0.15, -0.1) is 0 Å². The number of hydrogen-bond donors (Lipinski definition) is 2. The molecule has 1 aliphatic carbocycles. The fourth-order valence-electron chi connectivity index (χ4n) is 2.58. The van der Waals surface area contributed by atoms with E-state index in [-0.39, 0.29) is 11.8 Å². The van der Waals surface area contributed by atoms with Gasteiger partial charge in [0.2, 0.25) is 5.91 Å². The Morgan fingerprint density at radius 3 is 2.84 bits per heavy atom. The molecule has 1 fully saturated rings. The van der Waals surface area contributed by atoms with Crippen molar-refractivity contribution in [2.24, 2.45) is 17.4 Å². The molecule has 1 aromatic rings. The van der Waals surface area contributed by atoms with Gasteiger partial charge >= 0.3 is 0 Å². The summed E-state index contributed by atoms with van der Waals surface area (Å²) in [5, 5.41) is 0.769. The van der Waals surface area contributed by atoms with Gasteiger partial charge in [-0.25, -0.2) is 9.97 Å². The van der Waals surface area contributed by atoms with E-state index in [0.717, 1.165) is 35.7 Å². The van der Waals surface area contributed by atoms with Crippen LogP contribution in [0.15, 0.2) is 17.6 Å². The molecule has 1 amide bonds. The molecule has 0 bridgehead atoms. The summed E-state index contributed by atoms with van der Waals surface area (Å²) in [5.74, 6) is 0.675. The van der Waals surface area contributed by atoms with Crippen molar-refractivity contribution in [3.05, 3.63) is 18.0 Å². The number of primary amides is 1. The van der Waals surface area contributed by atoms with Crippen LogP contribution >= 0.6 is 11.8 Å². The van der Waals surface area contributed by atoms with Crippen LogP contribution in [0.1, 0.15) is 31.2 Å². The Labute approximate surface area is 117 Å². The number of rotatable bonds is 5. The third-order valence-corrected chi connectivity index (χ3v) is 4.69. The summed E-state index contributed by atoms with van der Waals surface area (Å²) < 4.78 is 0. The van der Waals surface area contributed by atoms with Crippen LogP contribution in [0.25, 0.3) is 0 Å². The first-order valence-corrected chi connectivity index (χ1v) is 7.51. The van der Waals surface area contributed by atoms with Crippen LogP contribution in [-0.4, -0.2) is 27.2 Å². The van der Waals surface area contributed by atoms with E-state index >= 15 is 0 Å². The Bertz CT molecular complexity index is 450. The lowest BCUT2D eigenvalue weighted by Gasteiger charge is -2.27. The molecule has 1 saturated carbocycles. The standard InChI is InChI=1S/C13H20N4OS/c1-9-7-16-12(17-8-9)19-6-4-10-3-2-5-13(10,15)11(14)18/h7-8,10H,2-6,15H2,1H3,(H2,14,18). The fraction of sp³-hybridized carbons (Fsp3) is 0.615. The zero-order chi connectivity index (χ0) is 13.9. The number of carbonyl (C=O) groups is 1. The predicted molar refractivity (Wildman–Crippen MR) is 75.6 cm³/mol. The lowest BCUT2D eigenvalue weighted by atomic mass is 9.85. The van der Waals surface area contributed by atoms with Gasteiger partial charge in [0.05, 0.1) is 5.54 Å². The third kappa shape index (κ3) is 3.25. The van der Waals surface area contributed by atoms with Crippen molar-refractivity contribution in [3.8, 4) is 0 Å². The minimum atomic E-state index is -0.811. The van der Waals surface area contributed by atoms with Crippen LogP contribution in [0.4, 0.5) is 0 Å². The van der Waals surface area contributed by atoms with Gasteiger partial charge in [-0.1, -0.05) is 18.2 Å². The summed E-state index contributed by atoms with van der Waals surface area (Å²) in [5.41, 5.74) is 11.8. The molecule has 2 rings (SSSR count). The molecule has 0 radical (unpaired) electrons. The lowest BCUT2D eigenvalue weighted by Crippen LogP contribution is -2.54. The van der Waals surface area contributed by atoms with Crippen LogP contribution in [-0.2, 0) is 4.79 Å². The number of thioether (sulfide) groups is 1. The molecule has 0 spiro atoms. The van der Waals surface area contributed by atoms with Crippen molar-refractivity contribution < 1.29 is 4.79 Å². The summed E-state index contributed by atoms with van der Waals surface area (Å²) in [6.07, 6.45) is 7.16. The first-order valence-electron chi connectivity index (χ1n) is 6.52. The second-order valence-corrected chi connectivity index (χ2v) is 6.24. The summed E-state index contributed by atoms with van der Waals surface area (Å²) >= 11 is 1.60. The van der Waals surface area contributed by atoms with Gasteiger partial charge < -0.3 is 11.5 Å². The van der Waals surface area contributed by atoms with E-state index in [1.165, 1.54) is 0 Å². The molecule has 104 valence electrons. The van der Waals surface area contributed by atoms with Crippen molar-refractivity contribution in [3.63, 3.8) is 0 Å². The molecule has 2 unspecified atom stereocenters. The lowest BCUT2D eigenvalue weighted by molar-refractivity contribution is -0.124. The maximum atomic E-state index is 11.5. The number of hydrogen-bond acceptors (Lipinski definition) is 5. The molecule has 5 nitrogen and oxygen atoms in total. The van der Waals surface area contributed by atoms with E-state index in [1.807, 2.05) is 19.3 Å². The number of nitrogens with zero attached hydrogens (tertiary/aromatic N) is 2. The minimum Gasteiger partial charge on any atom is -0.368 e. The number of carbonyl (C=O) groups excluding carboxylic acids is 1. The van der Waals surface area contributed by atoms with Crippen LogP contribution in [0, 0.1) is 12.8 Å². The highest BCUT2D eigenvalue weighted by Crippen LogP contribution is 2.36. The van der Waals surface area contributed by atoms with Gasteiger partial charge in [-0.3, -0.25) is 4.79 Å². The molecule has 1 aromatic heterocycles. The van der Waals surface area contributed by atoms with Gasteiger partial charge in [-0.05, 0) is 37.7 Å². The Kier molecular flexibility index (Phi) is 4.42. The van der Waals surface area contributed by atoms with Crippen molar-refractivity contribution >= 4 is 17.7 Å². The largest absolute Gasteiger partial charge is 0.368 e. The molecule has 1 aliphatic rings. The molecule has 6 heteroatoms. The van der Waals surface area contributed by atoms with Gasteiger partial charge in [0, 0.05) is 18.1 Å². The van der Waals surface area contributed by atoms with E-state index in [2.05, 4.69) is 9.97 Å². The third-order valence-electron chi connectivity index (χ3n) is 3.79. The maximum absolute atomic E-state index is 11.5. The SMILES string of the molecule is Cc1cnc(SCCC2CCCC2(N)C(N)=O)nc1. The van der Waals surface area contributed by atoms with Crippen molar-refractivity contribution in [2.45, 2.75) is 43.3 Å². The van der Waals surface area contributed by atoms with Gasteiger partial charge in [-0.2, -0.15) is 0 Å². The van der Waals surface area contributed by atoms with E-state index in [1.54, 1.807) is 11.8 Å². The van der Waals surface area contributed by atoms with Crippen LogP contribution < -0.4 is 11.5 Å². The highest BCUT2D eigenvalue weighted by molar-refractivity contribution is 7.99. The van der Waals surface area contributed by atoms with E-state index < -0.39 is 5.54 Å². The molecule has 0 saturated heterocycles. The molecular weight excluding hydrogens is 260 g/mol. The quantitative estimate of drug-likeness (QED) is 0.625. The number of nitrogens with two attached hydrogens (primary N) is 2. The summed E-state index contributed by atoms with van der Waals surface area (Å²) in [4.78, 5) is 20.0. The van der Waals surface area contributed by atoms with E-state index in [9.17, 15) is 4.79 Å². The van der Waals surface area contributed by atoms with Gasteiger partial charge in [0.1, 0.15) is 0 Å². The van der Waals surface area contributed by atoms with Gasteiger partial charge in [0.15, 0.2) is 5.16 Å². The molecule has 19 heavy (non-hydrogen) atoms. The number of amides is 1. The molecule has 0 aliphatic heterocycles. The van der Waals surface area contributed by atoms with Crippen molar-refractivity contribution in [2.75, 3.05) is 5.75 Å². The smallest absolute Gasteiger partial charge is 0.237 e. The van der Waals surface area contributed by atoms with E-state index in [0.29, 0.717) is 6.42 Å². The van der Waals surface area contributed by atoms with Crippen LogP contribution in [0.5, 0.6) is 0 Å². The summed E-state index contributed by atoms with van der Waals surface area (Å²) in [6, 6.07) is 0. The average Bonchev–Trinajstić information content (AvgIpc) is 2.75. The minimum absolute atomic E-state index is 0.183. The molecule has 4 N–H and O–H groups in total. The van der Waals surface area contributed by atoms with E-state index in [4.69, 9.17) is 11.5 Å². The zero-order valence-corrected chi connectivity index (χ0v) is 11.9. The van der Waals surface area contributed by atoms with Crippen molar-refractivity contribution in [1.29, 1.82) is 0 Å². The molecule has 0 aromatic carbocycles. The maximum Gasteiger partial charge on any atom is 0.237 e. The Morgan fingerprint density at radius 2 is 2.21 bits per heavy atom. The van der Waals surface area contributed by atoms with Crippen molar-refractivity contribution in [1.82, 2.24) is 9.97 Å². The monoisotopic (exact) mass is 280 g/mol. The average molecular weight is 280 g/mol. The second-order valence-electron chi connectivity index (χ2n) is 5.17. The summed E-state index contributed by atoms with van der Waals surface area (Å²) in [6.45, 7) is 1.96. The zero-order valence-electron chi connectivity index (χ0n) is 11.1. The van der Waals surface area contributed by atoms with Crippen LogP contribution in [0.3, 0.4) is 0 Å². The van der Waals surface area contributed by atoms with Crippen LogP contribution in [0.2, 0.25) is 0 Å². The highest BCUT2D eigenvalue weighted by atomic mass is 32.2. The first kappa shape index (κ1) is 14.3. The highest BCUT2D eigenvalue weighted by Gasteiger charge is 2.43. The normalized spacial score (nSPS) is 26.5. The molecule has 2 atom stereocenters.